The van der Waals surface area contributed by atoms with Gasteiger partial charge in [-0.25, -0.2) is 0 Å². The summed E-state index contributed by atoms with van der Waals surface area (Å²) in [6.45, 7) is 7.23. The third-order valence-electron chi connectivity index (χ3n) is 3.99. The molecule has 0 aromatic heterocycles. The van der Waals surface area contributed by atoms with E-state index in [2.05, 4.69) is 18.9 Å². The van der Waals surface area contributed by atoms with E-state index >= 15 is 0 Å². The van der Waals surface area contributed by atoms with Crippen molar-refractivity contribution in [3.8, 4) is 0 Å². The van der Waals surface area contributed by atoms with Crippen LogP contribution in [0.25, 0.3) is 0 Å². The molecule has 0 aromatic carbocycles. The fourth-order valence-electron chi connectivity index (χ4n) is 2.80. The highest BCUT2D eigenvalue weighted by atomic mass is 16.1. The van der Waals surface area contributed by atoms with Crippen molar-refractivity contribution in [2.75, 3.05) is 13.6 Å². The molecule has 0 aromatic rings. The highest BCUT2D eigenvalue weighted by Gasteiger charge is 2.27. The molecule has 0 N–H and O–H groups in total. The highest BCUT2D eigenvalue weighted by molar-refractivity contribution is 5.58. The monoisotopic (exact) mass is 225 g/mol. The van der Waals surface area contributed by atoms with Gasteiger partial charge >= 0.3 is 0 Å². The van der Waals surface area contributed by atoms with Gasteiger partial charge in [-0.2, -0.15) is 0 Å². The second-order valence-corrected chi connectivity index (χ2v) is 6.10. The number of hydrogen-bond donors (Lipinski definition) is 0. The molecule has 0 saturated heterocycles. The van der Waals surface area contributed by atoms with Crippen LogP contribution in [0.4, 0.5) is 0 Å². The van der Waals surface area contributed by atoms with E-state index < -0.39 is 0 Å². The summed E-state index contributed by atoms with van der Waals surface area (Å²) < 4.78 is 0. The molecule has 0 atom stereocenters. The second-order valence-electron chi connectivity index (χ2n) is 6.10. The van der Waals surface area contributed by atoms with Gasteiger partial charge in [0.25, 0.3) is 0 Å². The summed E-state index contributed by atoms with van der Waals surface area (Å²) in [5.74, 6) is 0.948. The zero-order valence-electron chi connectivity index (χ0n) is 11.3. The Labute approximate surface area is 100 Å². The average molecular weight is 225 g/mol. The summed E-state index contributed by atoms with van der Waals surface area (Å²) in [4.78, 5) is 13.3. The van der Waals surface area contributed by atoms with Gasteiger partial charge in [0.15, 0.2) is 0 Å². The predicted molar refractivity (Wildman–Crippen MR) is 68.5 cm³/mol. The predicted octanol–water partition coefficient (Wildman–Crippen LogP) is 3.11. The van der Waals surface area contributed by atoms with Crippen molar-refractivity contribution in [1.29, 1.82) is 0 Å². The Morgan fingerprint density at radius 3 is 2.25 bits per heavy atom. The molecular formula is C14H27NO. The molecule has 16 heavy (non-hydrogen) atoms. The van der Waals surface area contributed by atoms with Crippen molar-refractivity contribution >= 4 is 6.29 Å². The third kappa shape index (κ3) is 3.89. The molecule has 2 nitrogen and oxygen atoms in total. The maximum Gasteiger partial charge on any atom is 0.126 e. The van der Waals surface area contributed by atoms with E-state index in [4.69, 9.17) is 0 Å². The quantitative estimate of drug-likeness (QED) is 0.670. The van der Waals surface area contributed by atoms with E-state index in [9.17, 15) is 4.79 Å². The molecule has 94 valence electrons. The Bertz CT molecular complexity index is 217. The minimum Gasteiger partial charge on any atom is -0.303 e. The Balaban J connectivity index is 2.38. The summed E-state index contributed by atoms with van der Waals surface area (Å²) in [5, 5.41) is 0. The first kappa shape index (κ1) is 13.7. The normalized spacial score (nSPS) is 27.1. The molecule has 1 saturated carbocycles. The maximum absolute atomic E-state index is 10.9. The van der Waals surface area contributed by atoms with Crippen molar-refractivity contribution in [3.63, 3.8) is 0 Å². The number of hydrogen-bond acceptors (Lipinski definition) is 2. The van der Waals surface area contributed by atoms with Crippen LogP contribution in [-0.4, -0.2) is 30.8 Å². The molecular weight excluding hydrogens is 198 g/mol. The zero-order valence-corrected chi connectivity index (χ0v) is 11.3. The minimum atomic E-state index is -0.198. The van der Waals surface area contributed by atoms with Gasteiger partial charge in [-0.05, 0) is 38.6 Å². The van der Waals surface area contributed by atoms with Crippen LogP contribution in [0.15, 0.2) is 0 Å². The van der Waals surface area contributed by atoms with E-state index in [0.717, 1.165) is 18.7 Å². The van der Waals surface area contributed by atoms with Gasteiger partial charge in [-0.3, -0.25) is 0 Å². The Morgan fingerprint density at radius 2 is 1.81 bits per heavy atom. The van der Waals surface area contributed by atoms with Crippen LogP contribution in [0.5, 0.6) is 0 Å². The Hall–Kier alpha value is -0.370. The fraction of sp³-hybridized carbons (Fsp3) is 0.929. The van der Waals surface area contributed by atoms with Gasteiger partial charge in [-0.15, -0.1) is 0 Å². The molecule has 0 spiro atoms. The standard InChI is InChI=1S/C14H27NO/c1-5-12-6-8-13(9-7-12)15(4)10-14(2,3)11-16/h11-13H,5-10H2,1-4H3. The maximum atomic E-state index is 10.9. The van der Waals surface area contributed by atoms with Crippen molar-refractivity contribution in [2.24, 2.45) is 11.3 Å². The molecule has 0 unspecified atom stereocenters. The van der Waals surface area contributed by atoms with Crippen LogP contribution < -0.4 is 0 Å². The van der Waals surface area contributed by atoms with Crippen LogP contribution in [0.1, 0.15) is 52.9 Å². The number of aldehydes is 1. The van der Waals surface area contributed by atoms with Crippen LogP contribution >= 0.6 is 0 Å². The fourth-order valence-corrected chi connectivity index (χ4v) is 2.80. The van der Waals surface area contributed by atoms with Gasteiger partial charge in [0, 0.05) is 18.0 Å². The lowest BCUT2D eigenvalue weighted by molar-refractivity contribution is -0.115. The number of carbonyl (C=O) groups excluding carboxylic acids is 1. The SMILES string of the molecule is CCC1CCC(N(C)CC(C)(C)C=O)CC1. The van der Waals surface area contributed by atoms with Gasteiger partial charge in [-0.1, -0.05) is 27.2 Å². The third-order valence-corrected chi connectivity index (χ3v) is 3.99. The van der Waals surface area contributed by atoms with Crippen LogP contribution in [0.2, 0.25) is 0 Å². The first-order valence-electron chi connectivity index (χ1n) is 6.65. The Kier molecular flexibility index (Phi) is 4.97. The number of carbonyl (C=O) groups is 1. The van der Waals surface area contributed by atoms with Gasteiger partial charge in [0.05, 0.1) is 0 Å². The van der Waals surface area contributed by atoms with E-state index in [0.29, 0.717) is 6.04 Å². The van der Waals surface area contributed by atoms with E-state index in [1.807, 2.05) is 13.8 Å². The van der Waals surface area contributed by atoms with Gasteiger partial charge in [0.2, 0.25) is 0 Å². The van der Waals surface area contributed by atoms with E-state index in [1.165, 1.54) is 32.1 Å². The number of rotatable bonds is 5. The lowest BCUT2D eigenvalue weighted by atomic mass is 9.83. The van der Waals surface area contributed by atoms with Crippen LogP contribution in [0, 0.1) is 11.3 Å². The van der Waals surface area contributed by atoms with Gasteiger partial charge in [0.1, 0.15) is 6.29 Å². The summed E-state index contributed by atoms with van der Waals surface area (Å²) in [5.41, 5.74) is -0.198. The first-order chi connectivity index (χ1) is 7.48. The van der Waals surface area contributed by atoms with Crippen LogP contribution in [-0.2, 0) is 4.79 Å². The van der Waals surface area contributed by atoms with Crippen molar-refractivity contribution < 1.29 is 4.79 Å². The molecule has 0 bridgehead atoms. The molecule has 1 aliphatic rings. The molecule has 0 radical (unpaired) electrons. The molecule has 1 rings (SSSR count). The molecule has 0 aliphatic heterocycles. The second kappa shape index (κ2) is 5.81. The smallest absolute Gasteiger partial charge is 0.126 e. The lowest BCUT2D eigenvalue weighted by Crippen LogP contribution is -2.41. The summed E-state index contributed by atoms with van der Waals surface area (Å²) in [6, 6.07) is 0.696. The summed E-state index contributed by atoms with van der Waals surface area (Å²) in [7, 11) is 2.17. The number of nitrogens with zero attached hydrogens (tertiary/aromatic N) is 1. The lowest BCUT2D eigenvalue weighted by Gasteiger charge is -2.37. The summed E-state index contributed by atoms with van der Waals surface area (Å²) >= 11 is 0. The topological polar surface area (TPSA) is 20.3 Å². The largest absolute Gasteiger partial charge is 0.303 e. The van der Waals surface area contributed by atoms with Crippen molar-refractivity contribution in [2.45, 2.75) is 58.9 Å². The Morgan fingerprint density at radius 1 is 1.25 bits per heavy atom. The molecule has 2 heteroatoms. The van der Waals surface area contributed by atoms with Crippen LogP contribution in [0.3, 0.4) is 0 Å². The average Bonchev–Trinajstić information content (AvgIpc) is 2.28. The zero-order chi connectivity index (χ0) is 12.2. The summed E-state index contributed by atoms with van der Waals surface area (Å²) in [6.07, 6.45) is 7.77. The van der Waals surface area contributed by atoms with E-state index in [1.54, 1.807) is 0 Å². The van der Waals surface area contributed by atoms with Gasteiger partial charge < -0.3 is 9.69 Å². The highest BCUT2D eigenvalue weighted by Crippen LogP contribution is 2.29. The molecule has 1 aliphatic carbocycles. The van der Waals surface area contributed by atoms with Crippen molar-refractivity contribution in [1.82, 2.24) is 4.90 Å². The first-order valence-corrected chi connectivity index (χ1v) is 6.65. The molecule has 0 heterocycles. The molecule has 0 amide bonds. The van der Waals surface area contributed by atoms with Crippen molar-refractivity contribution in [3.05, 3.63) is 0 Å². The minimum absolute atomic E-state index is 0.198. The molecule has 1 fully saturated rings. The van der Waals surface area contributed by atoms with E-state index in [-0.39, 0.29) is 5.41 Å².